The van der Waals surface area contributed by atoms with E-state index in [2.05, 4.69) is 19.2 Å². The van der Waals surface area contributed by atoms with Crippen LogP contribution in [-0.4, -0.2) is 25.8 Å². The fourth-order valence-corrected chi connectivity index (χ4v) is 4.86. The average Bonchev–Trinajstić information content (AvgIpc) is 3.00. The summed E-state index contributed by atoms with van der Waals surface area (Å²) in [7, 11) is 0. The molecule has 0 radical (unpaired) electrons. The number of ether oxygens (including phenoxy) is 1. The van der Waals surface area contributed by atoms with Gasteiger partial charge in [-0.1, -0.05) is 20.3 Å². The second-order valence-electron chi connectivity index (χ2n) is 7.79. The van der Waals surface area contributed by atoms with E-state index < -0.39 is 0 Å². The number of fused-ring (bicyclic) bond motifs is 2. The van der Waals surface area contributed by atoms with Crippen molar-refractivity contribution in [2.24, 2.45) is 23.2 Å². The Kier molecular flexibility index (Phi) is 4.19. The molecule has 19 heavy (non-hydrogen) atoms. The summed E-state index contributed by atoms with van der Waals surface area (Å²) >= 11 is 0. The van der Waals surface area contributed by atoms with Crippen molar-refractivity contribution in [1.29, 1.82) is 0 Å². The van der Waals surface area contributed by atoms with Crippen LogP contribution in [0.5, 0.6) is 0 Å². The third kappa shape index (κ3) is 3.16. The van der Waals surface area contributed by atoms with E-state index in [9.17, 15) is 0 Å². The van der Waals surface area contributed by atoms with Gasteiger partial charge in [0.25, 0.3) is 0 Å². The lowest BCUT2D eigenvalue weighted by Gasteiger charge is -2.41. The van der Waals surface area contributed by atoms with Crippen molar-refractivity contribution < 1.29 is 4.74 Å². The third-order valence-electron chi connectivity index (χ3n) is 6.02. The summed E-state index contributed by atoms with van der Waals surface area (Å²) < 4.78 is 5.63. The Morgan fingerprint density at radius 2 is 1.95 bits per heavy atom. The molecule has 3 fully saturated rings. The predicted molar refractivity (Wildman–Crippen MR) is 79.2 cm³/mol. The number of nitrogens with one attached hydrogen (secondary N) is 1. The fraction of sp³-hybridized carbons (Fsp3) is 1.00. The molecule has 2 saturated carbocycles. The van der Waals surface area contributed by atoms with Gasteiger partial charge in [-0.25, -0.2) is 0 Å². The van der Waals surface area contributed by atoms with Crippen LogP contribution in [0.25, 0.3) is 0 Å². The van der Waals surface area contributed by atoms with Gasteiger partial charge in [-0.3, -0.25) is 0 Å². The molecule has 3 atom stereocenters. The summed E-state index contributed by atoms with van der Waals surface area (Å²) in [5.74, 6) is 3.19. The van der Waals surface area contributed by atoms with Crippen LogP contribution >= 0.6 is 0 Å². The quantitative estimate of drug-likeness (QED) is 0.820. The molecule has 0 spiro atoms. The van der Waals surface area contributed by atoms with Gasteiger partial charge < -0.3 is 10.1 Å². The van der Waals surface area contributed by atoms with Gasteiger partial charge in [0.2, 0.25) is 0 Å². The Labute approximate surface area is 118 Å². The van der Waals surface area contributed by atoms with Crippen LogP contribution in [0.4, 0.5) is 0 Å². The third-order valence-corrected chi connectivity index (χ3v) is 6.02. The predicted octanol–water partition coefficient (Wildman–Crippen LogP) is 3.61. The lowest BCUT2D eigenvalue weighted by molar-refractivity contribution is -0.00334. The fourth-order valence-electron chi connectivity index (χ4n) is 4.86. The average molecular weight is 265 g/mol. The highest BCUT2D eigenvalue weighted by molar-refractivity contribution is 4.95. The molecule has 3 rings (SSSR count). The van der Waals surface area contributed by atoms with Gasteiger partial charge in [0.1, 0.15) is 0 Å². The zero-order valence-corrected chi connectivity index (χ0v) is 12.8. The molecule has 1 saturated heterocycles. The molecule has 3 aliphatic rings. The maximum absolute atomic E-state index is 5.63. The maximum Gasteiger partial charge on any atom is 0.0471 e. The second kappa shape index (κ2) is 5.73. The van der Waals surface area contributed by atoms with Gasteiger partial charge >= 0.3 is 0 Å². The van der Waals surface area contributed by atoms with E-state index in [4.69, 9.17) is 4.74 Å². The van der Waals surface area contributed by atoms with Crippen LogP contribution in [-0.2, 0) is 4.74 Å². The lowest BCUT2D eigenvalue weighted by Crippen LogP contribution is -2.43. The first-order valence-electron chi connectivity index (χ1n) is 8.48. The van der Waals surface area contributed by atoms with Crippen molar-refractivity contribution in [2.75, 3.05) is 19.8 Å². The topological polar surface area (TPSA) is 21.3 Å². The molecule has 110 valence electrons. The molecular weight excluding hydrogens is 234 g/mol. The minimum absolute atomic E-state index is 0.539. The highest BCUT2D eigenvalue weighted by Gasteiger charge is 2.44. The minimum atomic E-state index is 0.539. The Hall–Kier alpha value is -0.0800. The van der Waals surface area contributed by atoms with Gasteiger partial charge in [-0.15, -0.1) is 0 Å². The van der Waals surface area contributed by atoms with Crippen molar-refractivity contribution in [3.05, 3.63) is 0 Å². The summed E-state index contributed by atoms with van der Waals surface area (Å²) in [4.78, 5) is 0. The van der Waals surface area contributed by atoms with Crippen LogP contribution < -0.4 is 5.32 Å². The molecule has 0 aromatic rings. The minimum Gasteiger partial charge on any atom is -0.381 e. The normalized spacial score (nSPS) is 37.1. The summed E-state index contributed by atoms with van der Waals surface area (Å²) in [5.41, 5.74) is 0.539. The van der Waals surface area contributed by atoms with Crippen LogP contribution in [0.3, 0.4) is 0 Å². The Balaban J connectivity index is 1.61. The summed E-state index contributed by atoms with van der Waals surface area (Å²) in [6.45, 7) is 7.72. The zero-order valence-electron chi connectivity index (χ0n) is 12.8. The van der Waals surface area contributed by atoms with E-state index in [-0.39, 0.29) is 0 Å². The summed E-state index contributed by atoms with van der Waals surface area (Å²) in [5, 5.41) is 3.72. The monoisotopic (exact) mass is 265 g/mol. The SMILES string of the molecule is CC(C)NCC1(CC2CC3CCC2C3)CCOCC1. The van der Waals surface area contributed by atoms with Crippen LogP contribution in [0.2, 0.25) is 0 Å². The van der Waals surface area contributed by atoms with Gasteiger partial charge in [0, 0.05) is 25.8 Å². The molecule has 2 bridgehead atoms. The molecule has 1 N–H and O–H groups in total. The Morgan fingerprint density at radius 3 is 2.53 bits per heavy atom. The smallest absolute Gasteiger partial charge is 0.0471 e. The number of rotatable bonds is 5. The molecular formula is C17H31NO. The Morgan fingerprint density at radius 1 is 1.16 bits per heavy atom. The lowest BCUT2D eigenvalue weighted by atomic mass is 9.69. The van der Waals surface area contributed by atoms with Gasteiger partial charge in [-0.2, -0.15) is 0 Å². The van der Waals surface area contributed by atoms with Gasteiger partial charge in [-0.05, 0) is 61.7 Å². The summed E-state index contributed by atoms with van der Waals surface area (Å²) in [6.07, 6.45) is 10.2. The van der Waals surface area contributed by atoms with E-state index in [1.165, 1.54) is 45.1 Å². The van der Waals surface area contributed by atoms with Crippen molar-refractivity contribution in [2.45, 2.75) is 64.8 Å². The van der Waals surface area contributed by atoms with Crippen LogP contribution in [0, 0.1) is 23.2 Å². The van der Waals surface area contributed by atoms with Crippen molar-refractivity contribution >= 4 is 0 Å². The van der Waals surface area contributed by atoms with E-state index in [1.807, 2.05) is 0 Å². The van der Waals surface area contributed by atoms with Crippen LogP contribution in [0.1, 0.15) is 58.8 Å². The molecule has 1 heterocycles. The van der Waals surface area contributed by atoms with E-state index in [1.54, 1.807) is 6.42 Å². The zero-order chi connectivity index (χ0) is 13.3. The highest BCUT2D eigenvalue weighted by atomic mass is 16.5. The number of hydrogen-bond acceptors (Lipinski definition) is 2. The standard InChI is InChI=1S/C17H31NO/c1-13(2)18-12-17(5-7-19-8-6-17)11-16-10-14-3-4-15(16)9-14/h13-16,18H,3-12H2,1-2H3. The molecule has 1 aliphatic heterocycles. The molecule has 0 aromatic heterocycles. The molecule has 2 aliphatic carbocycles. The van der Waals surface area contributed by atoms with Crippen molar-refractivity contribution in [3.63, 3.8) is 0 Å². The summed E-state index contributed by atoms with van der Waals surface area (Å²) in [6, 6.07) is 0.611. The maximum atomic E-state index is 5.63. The first kappa shape index (κ1) is 13.9. The largest absolute Gasteiger partial charge is 0.381 e. The molecule has 2 heteroatoms. The molecule has 3 unspecified atom stereocenters. The Bertz CT molecular complexity index is 296. The number of hydrogen-bond donors (Lipinski definition) is 1. The molecule has 2 nitrogen and oxygen atoms in total. The van der Waals surface area contributed by atoms with Crippen LogP contribution in [0.15, 0.2) is 0 Å². The van der Waals surface area contributed by atoms with E-state index >= 15 is 0 Å². The second-order valence-corrected chi connectivity index (χ2v) is 7.79. The van der Waals surface area contributed by atoms with Gasteiger partial charge in [0.05, 0.1) is 0 Å². The van der Waals surface area contributed by atoms with Crippen molar-refractivity contribution in [1.82, 2.24) is 5.32 Å². The van der Waals surface area contributed by atoms with E-state index in [0.29, 0.717) is 11.5 Å². The van der Waals surface area contributed by atoms with E-state index in [0.717, 1.165) is 31.0 Å². The highest BCUT2D eigenvalue weighted by Crippen LogP contribution is 2.53. The van der Waals surface area contributed by atoms with Crippen molar-refractivity contribution in [3.8, 4) is 0 Å². The van der Waals surface area contributed by atoms with Gasteiger partial charge in [0.15, 0.2) is 0 Å². The molecule has 0 amide bonds. The molecule has 0 aromatic carbocycles. The first-order chi connectivity index (χ1) is 9.17. The first-order valence-corrected chi connectivity index (χ1v) is 8.48.